The van der Waals surface area contributed by atoms with Gasteiger partial charge in [-0.1, -0.05) is 0 Å². The van der Waals surface area contributed by atoms with Gasteiger partial charge in [-0.2, -0.15) is 0 Å². The van der Waals surface area contributed by atoms with Crippen LogP contribution in [-0.2, 0) is 22.6 Å². The first kappa shape index (κ1) is 20.0. The average molecular weight is 389 g/mol. The number of fused-ring (bicyclic) bond motifs is 1. The number of nitrogens with one attached hydrogen (secondary N) is 2. The molecule has 0 spiro atoms. The average Bonchev–Trinajstić information content (AvgIpc) is 3.06. The molecule has 0 aliphatic carbocycles. The van der Waals surface area contributed by atoms with Crippen LogP contribution in [0.5, 0.6) is 11.5 Å². The van der Waals surface area contributed by atoms with Crippen molar-refractivity contribution in [2.24, 2.45) is 0 Å². The molecule has 1 saturated heterocycles. The fraction of sp³-hybridized carbons (Fsp3) is 0.550. The van der Waals surface area contributed by atoms with E-state index >= 15 is 0 Å². The Hall–Kier alpha value is -2.77. The van der Waals surface area contributed by atoms with Gasteiger partial charge in [0.25, 0.3) is 5.91 Å². The second kappa shape index (κ2) is 7.69. The highest BCUT2D eigenvalue weighted by atomic mass is 16.5. The van der Waals surface area contributed by atoms with E-state index in [2.05, 4.69) is 10.6 Å². The summed E-state index contributed by atoms with van der Waals surface area (Å²) in [7, 11) is 0. The first-order valence-corrected chi connectivity index (χ1v) is 9.57. The minimum Gasteiger partial charge on any atom is -0.494 e. The smallest absolute Gasteiger partial charge is 0.325 e. The first-order chi connectivity index (χ1) is 13.2. The SMILES string of the molecule is CCOc1cc2c(cc1CNC(=O)CCN1C(=O)NC(C)(C)C1=O)O[C@@H](C)C2. The molecule has 152 valence electrons. The predicted molar refractivity (Wildman–Crippen MR) is 102 cm³/mol. The summed E-state index contributed by atoms with van der Waals surface area (Å²) in [6.07, 6.45) is 1.00. The lowest BCUT2D eigenvalue weighted by Crippen LogP contribution is -2.40. The summed E-state index contributed by atoms with van der Waals surface area (Å²) in [5, 5.41) is 5.43. The first-order valence-electron chi connectivity index (χ1n) is 9.57. The number of imide groups is 1. The van der Waals surface area contributed by atoms with Gasteiger partial charge in [0, 0.05) is 37.1 Å². The third kappa shape index (κ3) is 4.05. The molecule has 8 heteroatoms. The molecule has 1 aromatic rings. The molecule has 0 bridgehead atoms. The number of urea groups is 1. The van der Waals surface area contributed by atoms with Gasteiger partial charge in [-0.05, 0) is 39.8 Å². The number of rotatable bonds is 7. The Morgan fingerprint density at radius 3 is 2.79 bits per heavy atom. The molecule has 2 heterocycles. The lowest BCUT2D eigenvalue weighted by Gasteiger charge is -2.16. The third-order valence-corrected chi connectivity index (χ3v) is 4.86. The number of carbonyl (C=O) groups is 3. The van der Waals surface area contributed by atoms with Gasteiger partial charge < -0.3 is 20.1 Å². The van der Waals surface area contributed by atoms with Gasteiger partial charge in [0.05, 0.1) is 6.61 Å². The number of hydrogen-bond acceptors (Lipinski definition) is 5. The van der Waals surface area contributed by atoms with Crippen LogP contribution >= 0.6 is 0 Å². The van der Waals surface area contributed by atoms with Crippen LogP contribution < -0.4 is 20.1 Å². The van der Waals surface area contributed by atoms with E-state index < -0.39 is 11.6 Å². The Labute approximate surface area is 164 Å². The molecule has 0 saturated carbocycles. The van der Waals surface area contributed by atoms with Crippen molar-refractivity contribution in [2.75, 3.05) is 13.2 Å². The van der Waals surface area contributed by atoms with Gasteiger partial charge in [0.1, 0.15) is 23.1 Å². The molecule has 3 rings (SSSR count). The summed E-state index contributed by atoms with van der Waals surface area (Å²) in [5.41, 5.74) is 1.01. The Morgan fingerprint density at radius 1 is 1.39 bits per heavy atom. The summed E-state index contributed by atoms with van der Waals surface area (Å²) < 4.78 is 11.5. The van der Waals surface area contributed by atoms with Crippen molar-refractivity contribution < 1.29 is 23.9 Å². The van der Waals surface area contributed by atoms with E-state index in [-0.39, 0.29) is 37.4 Å². The van der Waals surface area contributed by atoms with E-state index in [4.69, 9.17) is 9.47 Å². The largest absolute Gasteiger partial charge is 0.494 e. The molecule has 1 fully saturated rings. The fourth-order valence-corrected chi connectivity index (χ4v) is 3.43. The van der Waals surface area contributed by atoms with Gasteiger partial charge in [-0.3, -0.25) is 14.5 Å². The molecule has 28 heavy (non-hydrogen) atoms. The summed E-state index contributed by atoms with van der Waals surface area (Å²) in [4.78, 5) is 37.4. The minimum absolute atomic E-state index is 0.0394. The maximum absolute atomic E-state index is 12.2. The van der Waals surface area contributed by atoms with Crippen molar-refractivity contribution in [3.8, 4) is 11.5 Å². The van der Waals surface area contributed by atoms with Crippen LogP contribution in [0.1, 0.15) is 45.2 Å². The molecule has 8 nitrogen and oxygen atoms in total. The van der Waals surface area contributed by atoms with Crippen molar-refractivity contribution in [1.29, 1.82) is 0 Å². The molecule has 2 aliphatic rings. The van der Waals surface area contributed by atoms with Crippen LogP contribution in [0.25, 0.3) is 0 Å². The fourth-order valence-electron chi connectivity index (χ4n) is 3.43. The van der Waals surface area contributed by atoms with Crippen molar-refractivity contribution >= 4 is 17.8 Å². The zero-order valence-corrected chi connectivity index (χ0v) is 16.8. The number of carbonyl (C=O) groups excluding carboxylic acids is 3. The Morgan fingerprint density at radius 2 is 2.14 bits per heavy atom. The second-order valence-electron chi connectivity index (χ2n) is 7.67. The zero-order chi connectivity index (χ0) is 20.5. The van der Waals surface area contributed by atoms with Gasteiger partial charge in [-0.25, -0.2) is 4.79 Å². The monoisotopic (exact) mass is 389 g/mol. The van der Waals surface area contributed by atoms with Crippen molar-refractivity contribution in [2.45, 2.75) is 58.7 Å². The number of amides is 4. The lowest BCUT2D eigenvalue weighted by molar-refractivity contribution is -0.130. The normalized spacial score (nSPS) is 19.9. The maximum atomic E-state index is 12.2. The second-order valence-corrected chi connectivity index (χ2v) is 7.67. The minimum atomic E-state index is -0.929. The highest BCUT2D eigenvalue weighted by Gasteiger charge is 2.43. The Kier molecular flexibility index (Phi) is 5.49. The van der Waals surface area contributed by atoms with E-state index in [1.807, 2.05) is 26.0 Å². The van der Waals surface area contributed by atoms with E-state index in [1.165, 1.54) is 0 Å². The molecule has 1 atom stereocenters. The molecule has 0 unspecified atom stereocenters. The van der Waals surface area contributed by atoms with E-state index in [1.54, 1.807) is 13.8 Å². The molecule has 2 N–H and O–H groups in total. The third-order valence-electron chi connectivity index (χ3n) is 4.86. The van der Waals surface area contributed by atoms with Crippen LogP contribution in [0.4, 0.5) is 4.79 Å². The standard InChI is InChI=1S/C20H27N3O5/c1-5-27-15-9-13-8-12(2)28-16(13)10-14(15)11-21-17(24)6-7-23-18(25)20(3,4)22-19(23)26/h9-10,12H,5-8,11H2,1-4H3,(H,21,24)(H,22,26)/t12-/m0/s1. The lowest BCUT2D eigenvalue weighted by atomic mass is 10.1. The van der Waals surface area contributed by atoms with Crippen LogP contribution in [-0.4, -0.2) is 47.5 Å². The molecule has 4 amide bonds. The summed E-state index contributed by atoms with van der Waals surface area (Å²) in [6, 6.07) is 3.41. The van der Waals surface area contributed by atoms with Crippen LogP contribution in [0, 0.1) is 0 Å². The predicted octanol–water partition coefficient (Wildman–Crippen LogP) is 1.75. The number of ether oxygens (including phenoxy) is 2. The van der Waals surface area contributed by atoms with Gasteiger partial charge in [0.15, 0.2) is 0 Å². The number of hydrogen-bond donors (Lipinski definition) is 2. The topological polar surface area (TPSA) is 97.0 Å². The zero-order valence-electron chi connectivity index (χ0n) is 16.8. The Bertz CT molecular complexity index is 805. The van der Waals surface area contributed by atoms with E-state index in [0.717, 1.165) is 33.9 Å². The highest BCUT2D eigenvalue weighted by molar-refractivity contribution is 6.06. The van der Waals surface area contributed by atoms with Crippen LogP contribution in [0.15, 0.2) is 12.1 Å². The van der Waals surface area contributed by atoms with Crippen LogP contribution in [0.2, 0.25) is 0 Å². The van der Waals surface area contributed by atoms with E-state index in [0.29, 0.717) is 6.61 Å². The van der Waals surface area contributed by atoms with Gasteiger partial charge in [0.2, 0.25) is 5.91 Å². The van der Waals surface area contributed by atoms with Crippen molar-refractivity contribution in [1.82, 2.24) is 15.5 Å². The molecule has 1 aromatic carbocycles. The number of nitrogens with zero attached hydrogens (tertiary/aromatic N) is 1. The van der Waals surface area contributed by atoms with Crippen molar-refractivity contribution in [3.63, 3.8) is 0 Å². The molecule has 2 aliphatic heterocycles. The molecule has 0 radical (unpaired) electrons. The highest BCUT2D eigenvalue weighted by Crippen LogP contribution is 2.35. The van der Waals surface area contributed by atoms with Crippen LogP contribution in [0.3, 0.4) is 0 Å². The van der Waals surface area contributed by atoms with Crippen molar-refractivity contribution in [3.05, 3.63) is 23.3 Å². The quantitative estimate of drug-likeness (QED) is 0.693. The summed E-state index contributed by atoms with van der Waals surface area (Å²) >= 11 is 0. The van der Waals surface area contributed by atoms with Gasteiger partial charge in [-0.15, -0.1) is 0 Å². The molecular formula is C20H27N3O5. The number of benzene rings is 1. The Balaban J connectivity index is 1.58. The molecule has 0 aromatic heterocycles. The summed E-state index contributed by atoms with van der Waals surface area (Å²) in [5.74, 6) is 0.980. The van der Waals surface area contributed by atoms with Gasteiger partial charge >= 0.3 is 6.03 Å². The summed E-state index contributed by atoms with van der Waals surface area (Å²) in [6.45, 7) is 8.05. The maximum Gasteiger partial charge on any atom is 0.325 e. The van der Waals surface area contributed by atoms with E-state index in [9.17, 15) is 14.4 Å². The molecular weight excluding hydrogens is 362 g/mol.